The highest BCUT2D eigenvalue weighted by Gasteiger charge is 2.09. The summed E-state index contributed by atoms with van der Waals surface area (Å²) in [6.45, 7) is 2.01. The van der Waals surface area contributed by atoms with Crippen molar-refractivity contribution in [2.24, 2.45) is 0 Å². The predicted molar refractivity (Wildman–Crippen MR) is 67.9 cm³/mol. The second kappa shape index (κ2) is 4.23. The molecule has 0 aliphatic carbocycles. The lowest BCUT2D eigenvalue weighted by atomic mass is 10.1. The molecule has 1 atom stereocenters. The van der Waals surface area contributed by atoms with Gasteiger partial charge >= 0.3 is 0 Å². The molecule has 2 aromatic carbocycles. The van der Waals surface area contributed by atoms with E-state index < -0.39 is 11.3 Å². The topological polar surface area (TPSA) is 40.5 Å². The van der Waals surface area contributed by atoms with Crippen molar-refractivity contribution in [2.75, 3.05) is 11.4 Å². The van der Waals surface area contributed by atoms with Gasteiger partial charge in [-0.1, -0.05) is 29.8 Å². The first-order chi connectivity index (χ1) is 7.59. The van der Waals surface area contributed by atoms with Gasteiger partial charge in [0.1, 0.15) is 0 Å². The van der Waals surface area contributed by atoms with Gasteiger partial charge in [-0.25, -0.2) is 4.21 Å². The molecule has 1 N–H and O–H groups in total. The van der Waals surface area contributed by atoms with Crippen molar-refractivity contribution in [2.45, 2.75) is 6.92 Å². The van der Waals surface area contributed by atoms with Crippen molar-refractivity contribution in [1.82, 2.24) is 0 Å². The Bertz CT molecular complexity index is 554. The van der Waals surface area contributed by atoms with Crippen LogP contribution in [0, 0.1) is 6.92 Å². The first-order valence-corrected chi connectivity index (χ1v) is 6.00. The Morgan fingerprint density at radius 2 is 2.00 bits per heavy atom. The van der Waals surface area contributed by atoms with E-state index in [1.807, 2.05) is 43.3 Å². The second-order valence-electron chi connectivity index (χ2n) is 3.73. The first-order valence-electron chi connectivity index (χ1n) is 4.93. The zero-order chi connectivity index (χ0) is 11.7. The highest BCUT2D eigenvalue weighted by molar-refractivity contribution is 7.80. The highest BCUT2D eigenvalue weighted by Crippen LogP contribution is 2.27. The van der Waals surface area contributed by atoms with Crippen molar-refractivity contribution in [3.63, 3.8) is 0 Å². The van der Waals surface area contributed by atoms with E-state index in [1.54, 1.807) is 7.05 Å². The number of hydrogen-bond acceptors (Lipinski definition) is 1. The number of rotatable bonds is 2. The summed E-state index contributed by atoms with van der Waals surface area (Å²) in [5.41, 5.74) is 1.90. The third-order valence-corrected chi connectivity index (χ3v) is 3.25. The maximum absolute atomic E-state index is 11.1. The van der Waals surface area contributed by atoms with Crippen molar-refractivity contribution < 1.29 is 8.76 Å². The van der Waals surface area contributed by atoms with E-state index in [2.05, 4.69) is 0 Å². The Labute approximate surface area is 97.1 Å². The molecule has 4 heteroatoms. The lowest BCUT2D eigenvalue weighted by molar-refractivity contribution is 0.562. The largest absolute Gasteiger partial charge is 0.289 e. The Kier molecular flexibility index (Phi) is 2.94. The zero-order valence-electron chi connectivity index (χ0n) is 9.18. The molecule has 0 aliphatic heterocycles. The third-order valence-electron chi connectivity index (χ3n) is 2.59. The Balaban J connectivity index is 2.69. The van der Waals surface area contributed by atoms with Crippen LogP contribution in [0.25, 0.3) is 10.8 Å². The molecule has 84 valence electrons. The fourth-order valence-corrected chi connectivity index (χ4v) is 2.06. The molecule has 2 aromatic rings. The second-order valence-corrected chi connectivity index (χ2v) is 4.74. The molecule has 0 spiro atoms. The predicted octanol–water partition coefficient (Wildman–Crippen LogP) is 2.72. The van der Waals surface area contributed by atoms with Gasteiger partial charge in [-0.2, -0.15) is 0 Å². The number of fused-ring (bicyclic) bond motifs is 1. The average Bonchev–Trinajstić information content (AvgIpc) is 2.27. The van der Waals surface area contributed by atoms with E-state index in [-0.39, 0.29) is 0 Å². The lowest BCUT2D eigenvalue weighted by Gasteiger charge is -2.16. The molecular formula is C12H13NO2S. The van der Waals surface area contributed by atoms with Crippen LogP contribution in [-0.2, 0) is 11.3 Å². The molecule has 0 saturated heterocycles. The van der Waals surface area contributed by atoms with Crippen LogP contribution in [0.4, 0.5) is 5.69 Å². The van der Waals surface area contributed by atoms with Gasteiger partial charge in [-0.05, 0) is 24.4 Å². The standard InChI is InChI=1S/C12H13NO2S/c1-9-6-7-10-4-3-5-12(11(10)8-9)13(2)16(14)15/h3-8H,1-2H3,(H,14,15). The van der Waals surface area contributed by atoms with Gasteiger partial charge in [-0.15, -0.1) is 0 Å². The molecule has 0 aliphatic rings. The van der Waals surface area contributed by atoms with Gasteiger partial charge in [0.25, 0.3) is 11.3 Å². The maximum atomic E-state index is 11.1. The molecule has 0 aromatic heterocycles. The summed E-state index contributed by atoms with van der Waals surface area (Å²) in [4.78, 5) is 0. The molecular weight excluding hydrogens is 222 g/mol. The van der Waals surface area contributed by atoms with Crippen molar-refractivity contribution in [3.8, 4) is 0 Å². The Morgan fingerprint density at radius 3 is 2.69 bits per heavy atom. The van der Waals surface area contributed by atoms with E-state index >= 15 is 0 Å². The highest BCUT2D eigenvalue weighted by atomic mass is 32.2. The first kappa shape index (κ1) is 11.1. The SMILES string of the molecule is Cc1ccc2cccc(N(C)S(=O)O)c2c1. The summed E-state index contributed by atoms with van der Waals surface area (Å²) < 4.78 is 21.5. The molecule has 0 bridgehead atoms. The Morgan fingerprint density at radius 1 is 1.25 bits per heavy atom. The minimum absolute atomic E-state index is 0.766. The number of nitrogens with zero attached hydrogens (tertiary/aromatic N) is 1. The van der Waals surface area contributed by atoms with E-state index in [1.165, 1.54) is 4.31 Å². The van der Waals surface area contributed by atoms with Crippen LogP contribution in [0.5, 0.6) is 0 Å². The molecule has 2 rings (SSSR count). The summed E-state index contributed by atoms with van der Waals surface area (Å²) in [5, 5.41) is 2.06. The van der Waals surface area contributed by atoms with Crippen molar-refractivity contribution in [1.29, 1.82) is 0 Å². The number of anilines is 1. The minimum Gasteiger partial charge on any atom is -0.289 e. The third kappa shape index (κ3) is 1.94. The molecule has 16 heavy (non-hydrogen) atoms. The van der Waals surface area contributed by atoms with E-state index in [4.69, 9.17) is 4.55 Å². The van der Waals surface area contributed by atoms with Gasteiger partial charge in [0.2, 0.25) is 0 Å². The average molecular weight is 235 g/mol. The molecule has 1 unspecified atom stereocenters. The Hall–Kier alpha value is -1.39. The molecule has 0 fully saturated rings. The van der Waals surface area contributed by atoms with Gasteiger partial charge in [0.15, 0.2) is 0 Å². The number of benzene rings is 2. The number of aryl methyl sites for hydroxylation is 1. The van der Waals surface area contributed by atoms with Crippen LogP contribution < -0.4 is 4.31 Å². The maximum Gasteiger partial charge on any atom is 0.261 e. The van der Waals surface area contributed by atoms with Crippen LogP contribution in [0.3, 0.4) is 0 Å². The van der Waals surface area contributed by atoms with Crippen LogP contribution in [0.1, 0.15) is 5.56 Å². The number of hydrogen-bond donors (Lipinski definition) is 1. The zero-order valence-corrected chi connectivity index (χ0v) is 9.99. The van der Waals surface area contributed by atoms with Crippen molar-refractivity contribution in [3.05, 3.63) is 42.0 Å². The smallest absolute Gasteiger partial charge is 0.261 e. The summed E-state index contributed by atoms with van der Waals surface area (Å²) in [6.07, 6.45) is 0. The minimum atomic E-state index is -1.99. The fraction of sp³-hybridized carbons (Fsp3) is 0.167. The lowest BCUT2D eigenvalue weighted by Crippen LogP contribution is -2.19. The van der Waals surface area contributed by atoms with Crippen LogP contribution in [-0.4, -0.2) is 15.8 Å². The molecule has 0 saturated carbocycles. The summed E-state index contributed by atoms with van der Waals surface area (Å²) in [5.74, 6) is 0. The normalized spacial score (nSPS) is 12.7. The van der Waals surface area contributed by atoms with E-state index in [0.717, 1.165) is 22.0 Å². The summed E-state index contributed by atoms with van der Waals surface area (Å²) in [7, 11) is 1.60. The van der Waals surface area contributed by atoms with Crippen molar-refractivity contribution >= 4 is 27.7 Å². The van der Waals surface area contributed by atoms with Gasteiger partial charge < -0.3 is 0 Å². The summed E-state index contributed by atoms with van der Waals surface area (Å²) in [6, 6.07) is 11.8. The van der Waals surface area contributed by atoms with Crippen LogP contribution in [0.2, 0.25) is 0 Å². The van der Waals surface area contributed by atoms with Crippen LogP contribution in [0.15, 0.2) is 36.4 Å². The van der Waals surface area contributed by atoms with Gasteiger partial charge in [-0.3, -0.25) is 8.86 Å². The monoisotopic (exact) mass is 235 g/mol. The summed E-state index contributed by atoms with van der Waals surface area (Å²) >= 11 is -1.99. The fourth-order valence-electron chi connectivity index (χ4n) is 1.73. The van der Waals surface area contributed by atoms with E-state index in [0.29, 0.717) is 0 Å². The van der Waals surface area contributed by atoms with Gasteiger partial charge in [0, 0.05) is 12.4 Å². The molecule has 0 heterocycles. The quantitative estimate of drug-likeness (QED) is 0.813. The molecule has 3 nitrogen and oxygen atoms in total. The molecule has 0 amide bonds. The molecule has 0 radical (unpaired) electrons. The van der Waals surface area contributed by atoms with E-state index in [9.17, 15) is 4.21 Å². The van der Waals surface area contributed by atoms with Gasteiger partial charge in [0.05, 0.1) is 5.69 Å². The van der Waals surface area contributed by atoms with Crippen LogP contribution >= 0.6 is 0 Å².